The number of aryl methyl sites for hydroxylation is 1. The Labute approximate surface area is 118 Å². The Morgan fingerprint density at radius 3 is 2.80 bits per heavy atom. The maximum atomic E-state index is 11.8. The number of H-pyrrole nitrogens is 1. The Hall–Kier alpha value is -1.36. The van der Waals surface area contributed by atoms with E-state index in [1.54, 1.807) is 17.7 Å². The van der Waals surface area contributed by atoms with Crippen molar-refractivity contribution in [1.82, 2.24) is 9.55 Å². The van der Waals surface area contributed by atoms with Gasteiger partial charge in [-0.15, -0.1) is 0 Å². The summed E-state index contributed by atoms with van der Waals surface area (Å²) in [6.07, 6.45) is 9.97. The molecule has 20 heavy (non-hydrogen) atoms. The van der Waals surface area contributed by atoms with Gasteiger partial charge in [0.2, 0.25) is 0 Å². The fraction of sp³-hybridized carbons (Fsp3) is 0.733. The van der Waals surface area contributed by atoms with Crippen molar-refractivity contribution in [2.45, 2.75) is 70.1 Å². The molecule has 1 aliphatic heterocycles. The van der Waals surface area contributed by atoms with Crippen molar-refractivity contribution in [1.29, 1.82) is 0 Å². The van der Waals surface area contributed by atoms with E-state index >= 15 is 0 Å². The average molecular weight is 278 g/mol. The van der Waals surface area contributed by atoms with Crippen LogP contribution in [0.4, 0.5) is 0 Å². The molecule has 1 saturated heterocycles. The maximum absolute atomic E-state index is 11.8. The topological polar surface area (TPSA) is 64.1 Å². The second kappa shape index (κ2) is 5.20. The van der Waals surface area contributed by atoms with Crippen LogP contribution in [0.2, 0.25) is 0 Å². The lowest BCUT2D eigenvalue weighted by atomic mass is 9.83. The third kappa shape index (κ3) is 2.59. The van der Waals surface area contributed by atoms with Crippen LogP contribution in [0.3, 0.4) is 0 Å². The van der Waals surface area contributed by atoms with Crippen molar-refractivity contribution in [3.05, 3.63) is 32.6 Å². The zero-order chi connectivity index (χ0) is 14.2. The number of aromatic amines is 1. The largest absolute Gasteiger partial charge is 0.370 e. The van der Waals surface area contributed by atoms with Gasteiger partial charge < -0.3 is 4.74 Å². The maximum Gasteiger partial charge on any atom is 0.328 e. The first kappa shape index (κ1) is 13.6. The van der Waals surface area contributed by atoms with Gasteiger partial charge in [0.15, 0.2) is 0 Å². The van der Waals surface area contributed by atoms with Gasteiger partial charge in [0.05, 0.1) is 18.2 Å². The minimum atomic E-state index is -0.339. The van der Waals surface area contributed by atoms with Crippen molar-refractivity contribution < 1.29 is 4.74 Å². The molecule has 0 aromatic carbocycles. The molecule has 1 atom stereocenters. The highest BCUT2D eigenvalue weighted by molar-refractivity contribution is 5.01. The van der Waals surface area contributed by atoms with Crippen molar-refractivity contribution in [2.75, 3.05) is 0 Å². The Bertz CT molecular complexity index is 596. The van der Waals surface area contributed by atoms with Gasteiger partial charge in [-0.2, -0.15) is 0 Å². The fourth-order valence-corrected chi connectivity index (χ4v) is 3.56. The van der Waals surface area contributed by atoms with Crippen LogP contribution in [0.1, 0.15) is 50.5 Å². The summed E-state index contributed by atoms with van der Waals surface area (Å²) in [6, 6.07) is 0. The predicted molar refractivity (Wildman–Crippen MR) is 76.0 cm³/mol. The van der Waals surface area contributed by atoms with Crippen LogP contribution in [0.15, 0.2) is 15.8 Å². The van der Waals surface area contributed by atoms with Crippen molar-refractivity contribution in [3.63, 3.8) is 0 Å². The molecular weight excluding hydrogens is 256 g/mol. The second-order valence-corrected chi connectivity index (χ2v) is 6.25. The lowest BCUT2D eigenvalue weighted by Gasteiger charge is -2.33. The number of nitrogens with zero attached hydrogens (tertiary/aromatic N) is 1. The highest BCUT2D eigenvalue weighted by Crippen LogP contribution is 2.42. The highest BCUT2D eigenvalue weighted by Gasteiger charge is 2.40. The van der Waals surface area contributed by atoms with E-state index in [0.29, 0.717) is 12.1 Å². The molecule has 3 rings (SSSR count). The number of ether oxygens (including phenoxy) is 1. The van der Waals surface area contributed by atoms with E-state index in [9.17, 15) is 9.59 Å². The van der Waals surface area contributed by atoms with E-state index in [-0.39, 0.29) is 23.0 Å². The molecular formula is C15H22N2O3. The third-order valence-electron chi connectivity index (χ3n) is 4.69. The molecule has 1 aromatic rings. The van der Waals surface area contributed by atoms with Gasteiger partial charge in [0.1, 0.15) is 0 Å². The molecule has 2 heterocycles. The molecule has 1 unspecified atom stereocenters. The predicted octanol–water partition coefficient (Wildman–Crippen LogP) is 1.73. The molecule has 2 fully saturated rings. The molecule has 5 heteroatoms. The SMILES string of the molecule is Cc1cn(CC2CCC3(CCCCC3)O2)c(=O)[nH]c1=O. The Kier molecular flexibility index (Phi) is 3.54. The van der Waals surface area contributed by atoms with Crippen LogP contribution in [0.25, 0.3) is 0 Å². The summed E-state index contributed by atoms with van der Waals surface area (Å²) >= 11 is 0. The first-order valence-corrected chi connectivity index (χ1v) is 7.56. The molecule has 1 spiro atoms. The van der Waals surface area contributed by atoms with E-state index in [1.807, 2.05) is 0 Å². The zero-order valence-corrected chi connectivity index (χ0v) is 12.0. The fourth-order valence-electron chi connectivity index (χ4n) is 3.56. The van der Waals surface area contributed by atoms with Gasteiger partial charge in [-0.25, -0.2) is 4.79 Å². The van der Waals surface area contributed by atoms with Crippen LogP contribution >= 0.6 is 0 Å². The number of rotatable bonds is 2. The van der Waals surface area contributed by atoms with Crippen molar-refractivity contribution in [2.24, 2.45) is 0 Å². The molecule has 0 radical (unpaired) electrons. The van der Waals surface area contributed by atoms with Gasteiger partial charge in [-0.1, -0.05) is 19.3 Å². The quantitative estimate of drug-likeness (QED) is 0.896. The molecule has 2 aliphatic rings. The first-order valence-electron chi connectivity index (χ1n) is 7.56. The average Bonchev–Trinajstić information content (AvgIpc) is 2.79. The minimum absolute atomic E-state index is 0.0732. The smallest absolute Gasteiger partial charge is 0.328 e. The van der Waals surface area contributed by atoms with E-state index in [1.165, 1.54) is 19.3 Å². The van der Waals surface area contributed by atoms with Crippen LogP contribution in [0, 0.1) is 6.92 Å². The lowest BCUT2D eigenvalue weighted by molar-refractivity contribution is -0.0683. The minimum Gasteiger partial charge on any atom is -0.370 e. The van der Waals surface area contributed by atoms with Crippen molar-refractivity contribution >= 4 is 0 Å². The number of hydrogen-bond donors (Lipinski definition) is 1. The molecule has 110 valence electrons. The Balaban J connectivity index is 1.72. The normalized spacial score (nSPS) is 25.1. The highest BCUT2D eigenvalue weighted by atomic mass is 16.5. The van der Waals surface area contributed by atoms with E-state index in [2.05, 4.69) is 4.98 Å². The summed E-state index contributed by atoms with van der Waals surface area (Å²) in [5.74, 6) is 0. The summed E-state index contributed by atoms with van der Waals surface area (Å²) < 4.78 is 7.84. The molecule has 0 bridgehead atoms. The molecule has 1 saturated carbocycles. The van der Waals surface area contributed by atoms with Crippen LogP contribution in [0.5, 0.6) is 0 Å². The standard InChI is InChI=1S/C15H22N2O3/c1-11-9-17(14(19)16-13(11)18)10-12-5-8-15(20-12)6-3-2-4-7-15/h9,12H,2-8,10H2,1H3,(H,16,18,19). The third-order valence-corrected chi connectivity index (χ3v) is 4.69. The summed E-state index contributed by atoms with van der Waals surface area (Å²) in [7, 11) is 0. The molecule has 1 aromatic heterocycles. The lowest BCUT2D eigenvalue weighted by Crippen LogP contribution is -2.36. The Morgan fingerprint density at radius 1 is 1.30 bits per heavy atom. The monoisotopic (exact) mass is 278 g/mol. The number of aromatic nitrogens is 2. The summed E-state index contributed by atoms with van der Waals surface area (Å²) in [5.41, 5.74) is -0.00450. The van der Waals surface area contributed by atoms with Crippen molar-refractivity contribution in [3.8, 4) is 0 Å². The van der Waals surface area contributed by atoms with E-state index in [4.69, 9.17) is 4.74 Å². The molecule has 1 N–H and O–H groups in total. The van der Waals surface area contributed by atoms with Gasteiger partial charge in [0.25, 0.3) is 5.56 Å². The van der Waals surface area contributed by atoms with E-state index in [0.717, 1.165) is 25.7 Å². The van der Waals surface area contributed by atoms with E-state index < -0.39 is 0 Å². The van der Waals surface area contributed by atoms with Gasteiger partial charge in [-0.3, -0.25) is 14.3 Å². The van der Waals surface area contributed by atoms with Crippen LogP contribution < -0.4 is 11.2 Å². The Morgan fingerprint density at radius 2 is 2.05 bits per heavy atom. The number of hydrogen-bond acceptors (Lipinski definition) is 3. The molecule has 5 nitrogen and oxygen atoms in total. The van der Waals surface area contributed by atoms with Gasteiger partial charge in [-0.05, 0) is 32.6 Å². The second-order valence-electron chi connectivity index (χ2n) is 6.25. The first-order chi connectivity index (χ1) is 9.58. The zero-order valence-electron chi connectivity index (χ0n) is 12.0. The number of nitrogens with one attached hydrogen (secondary N) is 1. The molecule has 1 aliphatic carbocycles. The molecule has 0 amide bonds. The van der Waals surface area contributed by atoms with Crippen LogP contribution in [-0.4, -0.2) is 21.3 Å². The summed E-state index contributed by atoms with van der Waals surface area (Å²) in [5, 5.41) is 0. The summed E-state index contributed by atoms with van der Waals surface area (Å²) in [6.45, 7) is 2.26. The van der Waals surface area contributed by atoms with Gasteiger partial charge >= 0.3 is 5.69 Å². The summed E-state index contributed by atoms with van der Waals surface area (Å²) in [4.78, 5) is 25.5. The van der Waals surface area contributed by atoms with Crippen LogP contribution in [-0.2, 0) is 11.3 Å². The van der Waals surface area contributed by atoms with Gasteiger partial charge in [0, 0.05) is 11.8 Å².